The zero-order chi connectivity index (χ0) is 13.0. The van der Waals surface area contributed by atoms with Crippen molar-refractivity contribution in [1.82, 2.24) is 5.32 Å². The maximum Gasteiger partial charge on any atom is 0.227 e. The van der Waals surface area contributed by atoms with Crippen molar-refractivity contribution in [1.29, 1.82) is 0 Å². The van der Waals surface area contributed by atoms with Crippen LogP contribution in [-0.4, -0.2) is 29.2 Å². The van der Waals surface area contributed by atoms with Crippen LogP contribution in [0.25, 0.3) is 0 Å². The Morgan fingerprint density at radius 1 is 1.38 bits per heavy atom. The lowest BCUT2D eigenvalue weighted by molar-refractivity contribution is -0.132. The zero-order valence-electron chi connectivity index (χ0n) is 11.1. The second-order valence-electron chi connectivity index (χ2n) is 5.50. The normalized spacial score (nSPS) is 14.7. The van der Waals surface area contributed by atoms with E-state index in [1.165, 1.54) is 0 Å². The van der Waals surface area contributed by atoms with E-state index in [4.69, 9.17) is 5.73 Å². The Morgan fingerprint density at radius 2 is 1.88 bits per heavy atom. The van der Waals surface area contributed by atoms with E-state index in [2.05, 4.69) is 5.32 Å². The van der Waals surface area contributed by atoms with E-state index in [0.717, 1.165) is 6.42 Å². The van der Waals surface area contributed by atoms with Gasteiger partial charge >= 0.3 is 0 Å². The molecule has 0 aromatic carbocycles. The third kappa shape index (κ3) is 4.10. The summed E-state index contributed by atoms with van der Waals surface area (Å²) < 4.78 is 0. The fraction of sp³-hybridized carbons (Fsp3) is 0.917. The summed E-state index contributed by atoms with van der Waals surface area (Å²) >= 11 is 0. The van der Waals surface area contributed by atoms with Gasteiger partial charge in [0, 0.05) is 12.1 Å². The smallest absolute Gasteiger partial charge is 0.227 e. The molecule has 1 atom stereocenters. The first kappa shape index (κ1) is 15.4. The SMILES string of the molecule is CCCC(O)CNC(=O)C(C)(C)C(C)(C)N. The number of rotatable bonds is 6. The Hall–Kier alpha value is -0.610. The van der Waals surface area contributed by atoms with Gasteiger partial charge in [0.2, 0.25) is 5.91 Å². The number of hydrogen-bond donors (Lipinski definition) is 3. The molecule has 0 aromatic rings. The van der Waals surface area contributed by atoms with Gasteiger partial charge in [0.25, 0.3) is 0 Å². The van der Waals surface area contributed by atoms with Crippen LogP contribution in [0.15, 0.2) is 0 Å². The van der Waals surface area contributed by atoms with Gasteiger partial charge in [-0.3, -0.25) is 4.79 Å². The Bertz CT molecular complexity index is 232. The number of hydrogen-bond acceptors (Lipinski definition) is 3. The lowest BCUT2D eigenvalue weighted by Crippen LogP contribution is -2.56. The minimum atomic E-state index is -0.654. The quantitative estimate of drug-likeness (QED) is 0.638. The fourth-order valence-electron chi connectivity index (χ4n) is 1.16. The van der Waals surface area contributed by atoms with Crippen molar-refractivity contribution in [2.75, 3.05) is 6.54 Å². The van der Waals surface area contributed by atoms with Gasteiger partial charge in [0.15, 0.2) is 0 Å². The number of carbonyl (C=O) groups excluding carboxylic acids is 1. The molecule has 0 heterocycles. The molecule has 0 saturated heterocycles. The van der Waals surface area contributed by atoms with Gasteiger partial charge in [0.1, 0.15) is 0 Å². The summed E-state index contributed by atoms with van der Waals surface area (Å²) in [4.78, 5) is 11.9. The first-order valence-corrected chi connectivity index (χ1v) is 5.88. The van der Waals surface area contributed by atoms with Crippen molar-refractivity contribution < 1.29 is 9.90 Å². The molecular formula is C12H26N2O2. The molecular weight excluding hydrogens is 204 g/mol. The first-order valence-electron chi connectivity index (χ1n) is 5.88. The molecule has 0 aliphatic heterocycles. The van der Waals surface area contributed by atoms with Gasteiger partial charge in [-0.1, -0.05) is 13.3 Å². The van der Waals surface area contributed by atoms with Crippen LogP contribution in [0.4, 0.5) is 0 Å². The fourth-order valence-corrected chi connectivity index (χ4v) is 1.16. The molecule has 0 aliphatic rings. The van der Waals surface area contributed by atoms with Gasteiger partial charge in [-0.15, -0.1) is 0 Å². The average Bonchev–Trinajstić information content (AvgIpc) is 2.12. The van der Waals surface area contributed by atoms with Gasteiger partial charge in [-0.25, -0.2) is 0 Å². The van der Waals surface area contributed by atoms with Crippen LogP contribution in [0, 0.1) is 5.41 Å². The first-order chi connectivity index (χ1) is 7.13. The molecule has 0 aliphatic carbocycles. The van der Waals surface area contributed by atoms with E-state index in [0.29, 0.717) is 13.0 Å². The van der Waals surface area contributed by atoms with Crippen molar-refractivity contribution in [3.8, 4) is 0 Å². The summed E-state index contributed by atoms with van der Waals surface area (Å²) in [5.74, 6) is -0.116. The maximum absolute atomic E-state index is 11.9. The monoisotopic (exact) mass is 230 g/mol. The zero-order valence-corrected chi connectivity index (χ0v) is 11.1. The van der Waals surface area contributed by atoms with E-state index in [1.54, 1.807) is 0 Å². The molecule has 1 amide bonds. The number of carbonyl (C=O) groups is 1. The summed E-state index contributed by atoms with van der Waals surface area (Å²) in [5, 5.41) is 12.3. The predicted octanol–water partition coefficient (Wildman–Crippen LogP) is 1.03. The molecule has 4 N–H and O–H groups in total. The predicted molar refractivity (Wildman–Crippen MR) is 66.0 cm³/mol. The molecule has 0 spiro atoms. The lowest BCUT2D eigenvalue weighted by atomic mass is 9.74. The summed E-state index contributed by atoms with van der Waals surface area (Å²) in [6.07, 6.45) is 1.14. The van der Waals surface area contributed by atoms with Crippen molar-refractivity contribution in [2.45, 2.75) is 59.1 Å². The van der Waals surface area contributed by atoms with Gasteiger partial charge in [-0.05, 0) is 34.1 Å². The molecule has 4 nitrogen and oxygen atoms in total. The third-order valence-electron chi connectivity index (χ3n) is 3.30. The molecule has 0 radical (unpaired) electrons. The second-order valence-corrected chi connectivity index (χ2v) is 5.50. The minimum Gasteiger partial charge on any atom is -0.391 e. The molecule has 0 saturated carbocycles. The molecule has 0 rings (SSSR count). The van der Waals surface area contributed by atoms with Crippen molar-refractivity contribution >= 4 is 5.91 Å². The van der Waals surface area contributed by atoms with Gasteiger partial charge < -0.3 is 16.2 Å². The van der Waals surface area contributed by atoms with E-state index in [-0.39, 0.29) is 5.91 Å². The number of nitrogens with one attached hydrogen (secondary N) is 1. The van der Waals surface area contributed by atoms with Crippen molar-refractivity contribution in [3.63, 3.8) is 0 Å². The van der Waals surface area contributed by atoms with E-state index in [9.17, 15) is 9.90 Å². The third-order valence-corrected chi connectivity index (χ3v) is 3.30. The summed E-state index contributed by atoms with van der Waals surface area (Å²) in [5.41, 5.74) is 4.71. The van der Waals surface area contributed by atoms with E-state index >= 15 is 0 Å². The standard InChI is InChI=1S/C12H26N2O2/c1-6-7-9(15)8-14-10(16)11(2,3)12(4,5)13/h9,15H,6-8,13H2,1-5H3,(H,14,16). The van der Waals surface area contributed by atoms with E-state index in [1.807, 2.05) is 34.6 Å². The number of aliphatic hydroxyl groups excluding tert-OH is 1. The van der Waals surface area contributed by atoms with Crippen LogP contribution >= 0.6 is 0 Å². The largest absolute Gasteiger partial charge is 0.391 e. The summed E-state index contributed by atoms with van der Waals surface area (Å²) in [6.45, 7) is 9.58. The average molecular weight is 230 g/mol. The molecule has 0 aromatic heterocycles. The van der Waals surface area contributed by atoms with Crippen LogP contribution < -0.4 is 11.1 Å². The highest BCUT2D eigenvalue weighted by molar-refractivity contribution is 5.83. The second kappa shape index (κ2) is 5.64. The Morgan fingerprint density at radius 3 is 2.25 bits per heavy atom. The Kier molecular flexibility index (Phi) is 5.42. The molecule has 4 heteroatoms. The molecule has 96 valence electrons. The van der Waals surface area contributed by atoms with Crippen molar-refractivity contribution in [3.05, 3.63) is 0 Å². The highest BCUT2D eigenvalue weighted by Crippen LogP contribution is 2.28. The van der Waals surface area contributed by atoms with Crippen LogP contribution in [0.3, 0.4) is 0 Å². The summed E-state index contributed by atoms with van der Waals surface area (Å²) in [7, 11) is 0. The number of amides is 1. The van der Waals surface area contributed by atoms with Gasteiger partial charge in [0.05, 0.1) is 11.5 Å². The highest BCUT2D eigenvalue weighted by Gasteiger charge is 2.40. The topological polar surface area (TPSA) is 75.3 Å². The molecule has 0 bridgehead atoms. The van der Waals surface area contributed by atoms with E-state index < -0.39 is 17.1 Å². The Labute approximate surface area is 98.6 Å². The summed E-state index contributed by atoms with van der Waals surface area (Å²) in [6, 6.07) is 0. The van der Waals surface area contributed by atoms with Crippen LogP contribution in [0.1, 0.15) is 47.5 Å². The van der Waals surface area contributed by atoms with Crippen LogP contribution in [0.5, 0.6) is 0 Å². The van der Waals surface area contributed by atoms with Crippen LogP contribution in [-0.2, 0) is 4.79 Å². The molecule has 16 heavy (non-hydrogen) atoms. The molecule has 1 unspecified atom stereocenters. The minimum absolute atomic E-state index is 0.116. The number of aliphatic hydroxyl groups is 1. The van der Waals surface area contributed by atoms with Crippen LogP contribution in [0.2, 0.25) is 0 Å². The Balaban J connectivity index is 4.27. The highest BCUT2D eigenvalue weighted by atomic mass is 16.3. The van der Waals surface area contributed by atoms with Gasteiger partial charge in [-0.2, -0.15) is 0 Å². The number of nitrogens with two attached hydrogens (primary N) is 1. The van der Waals surface area contributed by atoms with Crippen molar-refractivity contribution in [2.24, 2.45) is 11.1 Å². The molecule has 0 fully saturated rings. The lowest BCUT2D eigenvalue weighted by Gasteiger charge is -2.37. The maximum atomic E-state index is 11.9.